The zero-order valence-corrected chi connectivity index (χ0v) is 11.1. The van der Waals surface area contributed by atoms with Crippen LogP contribution in [0.1, 0.15) is 40.9 Å². The van der Waals surface area contributed by atoms with Crippen LogP contribution in [0.3, 0.4) is 0 Å². The molecule has 0 aliphatic carbocycles. The third-order valence-corrected chi connectivity index (χ3v) is 4.07. The van der Waals surface area contributed by atoms with Gasteiger partial charge >= 0.3 is 5.97 Å². The fourth-order valence-corrected chi connectivity index (χ4v) is 3.12. The van der Waals surface area contributed by atoms with Crippen molar-refractivity contribution in [2.75, 3.05) is 6.54 Å². The van der Waals surface area contributed by atoms with E-state index in [9.17, 15) is 9.59 Å². The molecule has 1 aliphatic rings. The molecule has 2 heterocycles. The van der Waals surface area contributed by atoms with Gasteiger partial charge in [-0.1, -0.05) is 6.92 Å². The number of rotatable bonds is 4. The summed E-state index contributed by atoms with van der Waals surface area (Å²) in [5.74, 6) is -1.11. The van der Waals surface area contributed by atoms with Crippen molar-refractivity contribution >= 4 is 23.2 Å². The number of carbonyl (C=O) groups excluding carboxylic acids is 1. The summed E-state index contributed by atoms with van der Waals surface area (Å²) in [5, 5.41) is 10.00. The van der Waals surface area contributed by atoms with Crippen molar-refractivity contribution in [1.82, 2.24) is 9.88 Å². The molecule has 2 rings (SSSR count). The molecule has 0 aromatic carbocycles. The fourth-order valence-electron chi connectivity index (χ4n) is 2.15. The Morgan fingerprint density at radius 2 is 2.39 bits per heavy atom. The highest BCUT2D eigenvalue weighted by atomic mass is 32.1. The maximum Gasteiger partial charge on any atom is 0.326 e. The van der Waals surface area contributed by atoms with Crippen LogP contribution in [0.25, 0.3) is 0 Å². The normalized spacial score (nSPS) is 19.2. The number of hydrogen-bond acceptors (Lipinski definition) is 4. The molecule has 0 spiro atoms. The van der Waals surface area contributed by atoms with E-state index >= 15 is 0 Å². The van der Waals surface area contributed by atoms with Crippen LogP contribution in [-0.2, 0) is 11.2 Å². The second kappa shape index (κ2) is 5.48. The van der Waals surface area contributed by atoms with Crippen LogP contribution in [0.4, 0.5) is 0 Å². The maximum atomic E-state index is 12.2. The topological polar surface area (TPSA) is 70.5 Å². The lowest BCUT2D eigenvalue weighted by Crippen LogP contribution is -2.40. The number of hydrogen-bond donors (Lipinski definition) is 1. The summed E-state index contributed by atoms with van der Waals surface area (Å²) in [4.78, 5) is 29.5. The monoisotopic (exact) mass is 268 g/mol. The Hall–Kier alpha value is -1.43. The van der Waals surface area contributed by atoms with Gasteiger partial charge in [0.15, 0.2) is 0 Å². The SMILES string of the molecule is CCCc1ncc(C(=O)N2CCC[C@@H]2C(=O)O)s1. The van der Waals surface area contributed by atoms with Crippen molar-refractivity contribution in [3.63, 3.8) is 0 Å². The zero-order chi connectivity index (χ0) is 13.1. The van der Waals surface area contributed by atoms with E-state index < -0.39 is 12.0 Å². The molecule has 1 N–H and O–H groups in total. The van der Waals surface area contributed by atoms with Crippen LogP contribution in [0.5, 0.6) is 0 Å². The van der Waals surface area contributed by atoms with Crippen molar-refractivity contribution in [2.45, 2.75) is 38.6 Å². The predicted octanol–water partition coefficient (Wildman–Crippen LogP) is 1.78. The van der Waals surface area contributed by atoms with Crippen LogP contribution in [-0.4, -0.2) is 39.5 Å². The van der Waals surface area contributed by atoms with E-state index in [4.69, 9.17) is 5.11 Å². The molecular weight excluding hydrogens is 252 g/mol. The third-order valence-electron chi connectivity index (χ3n) is 3.03. The number of carboxylic acid groups (broad SMARTS) is 1. The highest BCUT2D eigenvalue weighted by molar-refractivity contribution is 7.13. The summed E-state index contributed by atoms with van der Waals surface area (Å²) in [6.45, 7) is 2.58. The predicted molar refractivity (Wildman–Crippen MR) is 67.8 cm³/mol. The second-order valence-corrected chi connectivity index (χ2v) is 5.48. The molecule has 0 radical (unpaired) electrons. The number of carboxylic acids is 1. The van der Waals surface area contributed by atoms with Gasteiger partial charge in [-0.15, -0.1) is 11.3 Å². The Bertz CT molecular complexity index is 458. The number of aryl methyl sites for hydroxylation is 1. The molecule has 1 aromatic heterocycles. The molecule has 1 fully saturated rings. The van der Waals surface area contributed by atoms with Gasteiger partial charge in [-0.3, -0.25) is 4.79 Å². The Balaban J connectivity index is 2.12. The molecule has 18 heavy (non-hydrogen) atoms. The fraction of sp³-hybridized carbons (Fsp3) is 0.583. The van der Waals surface area contributed by atoms with Gasteiger partial charge in [-0.25, -0.2) is 9.78 Å². The number of likely N-dealkylation sites (tertiary alicyclic amines) is 1. The molecule has 0 unspecified atom stereocenters. The quantitative estimate of drug-likeness (QED) is 0.903. The molecule has 1 atom stereocenters. The summed E-state index contributed by atoms with van der Waals surface area (Å²) in [7, 11) is 0. The van der Waals surface area contributed by atoms with E-state index in [2.05, 4.69) is 11.9 Å². The van der Waals surface area contributed by atoms with E-state index in [1.807, 2.05) is 0 Å². The molecule has 6 heteroatoms. The first-order valence-corrected chi connectivity index (χ1v) is 6.93. The molecule has 1 amide bonds. The first kappa shape index (κ1) is 13.0. The van der Waals surface area contributed by atoms with Gasteiger partial charge in [0.1, 0.15) is 10.9 Å². The maximum absolute atomic E-state index is 12.2. The number of nitrogens with zero attached hydrogens (tertiary/aromatic N) is 2. The zero-order valence-electron chi connectivity index (χ0n) is 10.3. The first-order valence-electron chi connectivity index (χ1n) is 6.12. The Labute approximate surface area is 109 Å². The van der Waals surface area contributed by atoms with E-state index in [1.54, 1.807) is 6.20 Å². The molecule has 1 saturated heterocycles. The number of amides is 1. The summed E-state index contributed by atoms with van der Waals surface area (Å²) in [6.07, 6.45) is 4.71. The van der Waals surface area contributed by atoms with Gasteiger partial charge in [-0.2, -0.15) is 0 Å². The summed E-state index contributed by atoms with van der Waals surface area (Å²) >= 11 is 1.37. The Kier molecular flexibility index (Phi) is 3.96. The smallest absolute Gasteiger partial charge is 0.326 e. The average Bonchev–Trinajstić information content (AvgIpc) is 2.96. The van der Waals surface area contributed by atoms with E-state index in [1.165, 1.54) is 16.2 Å². The Morgan fingerprint density at radius 1 is 1.61 bits per heavy atom. The molecule has 5 nitrogen and oxygen atoms in total. The molecule has 1 aliphatic heterocycles. The number of carbonyl (C=O) groups is 2. The van der Waals surface area contributed by atoms with Gasteiger partial charge in [0.2, 0.25) is 0 Å². The van der Waals surface area contributed by atoms with Crippen LogP contribution in [0, 0.1) is 0 Å². The van der Waals surface area contributed by atoms with E-state index in [0.29, 0.717) is 17.8 Å². The minimum atomic E-state index is -0.917. The summed E-state index contributed by atoms with van der Waals surface area (Å²) < 4.78 is 0. The van der Waals surface area contributed by atoms with Crippen LogP contribution in [0.2, 0.25) is 0 Å². The van der Waals surface area contributed by atoms with Crippen LogP contribution in [0.15, 0.2) is 6.20 Å². The van der Waals surface area contributed by atoms with Crippen LogP contribution >= 0.6 is 11.3 Å². The first-order chi connectivity index (χ1) is 8.63. The lowest BCUT2D eigenvalue weighted by atomic mass is 10.2. The highest BCUT2D eigenvalue weighted by Gasteiger charge is 2.35. The van der Waals surface area contributed by atoms with Crippen molar-refractivity contribution in [2.24, 2.45) is 0 Å². The molecule has 0 saturated carbocycles. The van der Waals surface area contributed by atoms with Gasteiger partial charge < -0.3 is 10.0 Å². The molecular formula is C12H16N2O3S. The summed E-state index contributed by atoms with van der Waals surface area (Å²) in [5.41, 5.74) is 0. The summed E-state index contributed by atoms with van der Waals surface area (Å²) in [6, 6.07) is -0.672. The van der Waals surface area contributed by atoms with Crippen molar-refractivity contribution < 1.29 is 14.7 Å². The minimum absolute atomic E-state index is 0.195. The van der Waals surface area contributed by atoms with Crippen molar-refractivity contribution in [1.29, 1.82) is 0 Å². The second-order valence-electron chi connectivity index (χ2n) is 4.36. The third kappa shape index (κ3) is 2.53. The van der Waals surface area contributed by atoms with Gasteiger partial charge in [0.05, 0.1) is 11.2 Å². The average molecular weight is 268 g/mol. The number of aromatic nitrogens is 1. The minimum Gasteiger partial charge on any atom is -0.480 e. The van der Waals surface area contributed by atoms with Crippen LogP contribution < -0.4 is 0 Å². The van der Waals surface area contributed by atoms with E-state index in [0.717, 1.165) is 24.3 Å². The number of aliphatic carboxylic acids is 1. The molecule has 1 aromatic rings. The van der Waals surface area contributed by atoms with Gasteiger partial charge in [-0.05, 0) is 25.7 Å². The molecule has 0 bridgehead atoms. The standard InChI is InChI=1S/C12H16N2O3S/c1-2-4-10-13-7-9(18-10)11(15)14-6-3-5-8(14)12(16)17/h7-8H,2-6H2,1H3,(H,16,17)/t8-/m1/s1. The highest BCUT2D eigenvalue weighted by Crippen LogP contribution is 2.23. The van der Waals surface area contributed by atoms with Gasteiger partial charge in [0, 0.05) is 6.54 Å². The largest absolute Gasteiger partial charge is 0.480 e. The Morgan fingerprint density at radius 3 is 3.06 bits per heavy atom. The van der Waals surface area contributed by atoms with Gasteiger partial charge in [0.25, 0.3) is 5.91 Å². The lowest BCUT2D eigenvalue weighted by molar-refractivity contribution is -0.141. The molecule has 98 valence electrons. The van der Waals surface area contributed by atoms with E-state index in [-0.39, 0.29) is 5.91 Å². The lowest BCUT2D eigenvalue weighted by Gasteiger charge is -2.20. The van der Waals surface area contributed by atoms with Crippen molar-refractivity contribution in [3.05, 3.63) is 16.1 Å². The number of thiazole rings is 1. The van der Waals surface area contributed by atoms with Crippen molar-refractivity contribution in [3.8, 4) is 0 Å².